The van der Waals surface area contributed by atoms with Gasteiger partial charge in [-0.3, -0.25) is 0 Å². The van der Waals surface area contributed by atoms with Gasteiger partial charge in [-0.2, -0.15) is 0 Å². The summed E-state index contributed by atoms with van der Waals surface area (Å²) in [5.74, 6) is 1.16. The zero-order valence-electron chi connectivity index (χ0n) is 12.4. The topological polar surface area (TPSA) is 31.4 Å². The molecule has 0 radical (unpaired) electrons. The van der Waals surface area contributed by atoms with Crippen LogP contribution < -0.4 is 10.2 Å². The van der Waals surface area contributed by atoms with Crippen molar-refractivity contribution >= 4 is 5.82 Å². The Bertz CT molecular complexity index is 391. The average molecular weight is 262 g/mol. The molecule has 1 aliphatic rings. The highest BCUT2D eigenvalue weighted by Crippen LogP contribution is 2.23. The molecule has 1 unspecified atom stereocenters. The molecule has 1 aliphatic heterocycles. The Morgan fingerprint density at radius 3 is 3.05 bits per heavy atom. The molecular formula is C15H26N4. The van der Waals surface area contributed by atoms with Crippen LogP contribution in [0.2, 0.25) is 0 Å². The summed E-state index contributed by atoms with van der Waals surface area (Å²) in [7, 11) is 4.35. The predicted octanol–water partition coefficient (Wildman–Crippen LogP) is 1.72. The highest BCUT2D eigenvalue weighted by Gasteiger charge is 2.23. The predicted molar refractivity (Wildman–Crippen MR) is 80.5 cm³/mol. The van der Waals surface area contributed by atoms with Crippen molar-refractivity contribution < 1.29 is 0 Å². The highest BCUT2D eigenvalue weighted by atomic mass is 15.2. The van der Waals surface area contributed by atoms with E-state index in [1.165, 1.54) is 18.4 Å². The lowest BCUT2D eigenvalue weighted by molar-refractivity contribution is 0.257. The largest absolute Gasteiger partial charge is 0.355 e. The molecule has 1 saturated heterocycles. The van der Waals surface area contributed by atoms with Gasteiger partial charge in [-0.15, -0.1) is 0 Å². The van der Waals surface area contributed by atoms with Gasteiger partial charge in [0.1, 0.15) is 5.82 Å². The molecule has 19 heavy (non-hydrogen) atoms. The fourth-order valence-corrected chi connectivity index (χ4v) is 2.68. The van der Waals surface area contributed by atoms with Crippen LogP contribution in [0.3, 0.4) is 0 Å². The summed E-state index contributed by atoms with van der Waals surface area (Å²) in [6.07, 6.45) is 4.45. The molecule has 2 rings (SSSR count). The van der Waals surface area contributed by atoms with E-state index in [0.717, 1.165) is 32.0 Å². The molecule has 0 aliphatic carbocycles. The summed E-state index contributed by atoms with van der Waals surface area (Å²) in [6.45, 7) is 6.25. The van der Waals surface area contributed by atoms with Gasteiger partial charge < -0.3 is 15.1 Å². The molecule has 1 aromatic heterocycles. The molecule has 1 aromatic rings. The van der Waals surface area contributed by atoms with E-state index in [-0.39, 0.29) is 0 Å². The third-order valence-electron chi connectivity index (χ3n) is 3.86. The van der Waals surface area contributed by atoms with E-state index >= 15 is 0 Å². The second-order valence-electron chi connectivity index (χ2n) is 5.47. The standard InChI is InChI=1S/C15H26N4/c1-4-16-11-13-7-5-9-17-15(13)19-10-6-8-14(12-19)18(2)3/h5,7,9,14,16H,4,6,8,10-12H2,1-3H3. The van der Waals surface area contributed by atoms with Crippen LogP contribution >= 0.6 is 0 Å². The minimum atomic E-state index is 0.641. The summed E-state index contributed by atoms with van der Waals surface area (Å²) in [5, 5.41) is 3.40. The van der Waals surface area contributed by atoms with Gasteiger partial charge in [0.2, 0.25) is 0 Å². The normalized spacial score (nSPS) is 20.0. The second-order valence-corrected chi connectivity index (χ2v) is 5.47. The maximum atomic E-state index is 4.62. The smallest absolute Gasteiger partial charge is 0.133 e. The minimum absolute atomic E-state index is 0.641. The Balaban J connectivity index is 2.11. The molecule has 2 heterocycles. The summed E-state index contributed by atoms with van der Waals surface area (Å²) in [5.41, 5.74) is 1.31. The molecule has 4 nitrogen and oxygen atoms in total. The van der Waals surface area contributed by atoms with Crippen molar-refractivity contribution in [2.75, 3.05) is 38.6 Å². The molecule has 1 atom stereocenters. The molecule has 0 amide bonds. The van der Waals surface area contributed by atoms with Gasteiger partial charge in [-0.05, 0) is 39.5 Å². The Morgan fingerprint density at radius 2 is 2.32 bits per heavy atom. The molecule has 1 fully saturated rings. The van der Waals surface area contributed by atoms with Crippen molar-refractivity contribution in [3.8, 4) is 0 Å². The van der Waals surface area contributed by atoms with Crippen molar-refractivity contribution in [2.24, 2.45) is 0 Å². The van der Waals surface area contributed by atoms with Crippen LogP contribution in [0.4, 0.5) is 5.82 Å². The van der Waals surface area contributed by atoms with Crippen LogP contribution in [0.5, 0.6) is 0 Å². The van der Waals surface area contributed by atoms with Crippen LogP contribution in [0, 0.1) is 0 Å². The minimum Gasteiger partial charge on any atom is -0.355 e. The molecule has 0 saturated carbocycles. The van der Waals surface area contributed by atoms with Gasteiger partial charge in [-0.25, -0.2) is 4.98 Å². The maximum Gasteiger partial charge on any atom is 0.133 e. The number of likely N-dealkylation sites (N-methyl/N-ethyl adjacent to an activating group) is 1. The SMILES string of the molecule is CCNCc1cccnc1N1CCCC(N(C)C)C1. The van der Waals surface area contributed by atoms with Gasteiger partial charge in [0.25, 0.3) is 0 Å². The number of pyridine rings is 1. The first-order valence-electron chi connectivity index (χ1n) is 7.28. The van der Waals surface area contributed by atoms with Crippen molar-refractivity contribution in [3.05, 3.63) is 23.9 Å². The number of hydrogen-bond acceptors (Lipinski definition) is 4. The fourth-order valence-electron chi connectivity index (χ4n) is 2.68. The van der Waals surface area contributed by atoms with E-state index in [2.05, 4.69) is 47.2 Å². The highest BCUT2D eigenvalue weighted by molar-refractivity contribution is 5.47. The van der Waals surface area contributed by atoms with Crippen molar-refractivity contribution in [1.29, 1.82) is 0 Å². The lowest BCUT2D eigenvalue weighted by Crippen LogP contribution is -2.45. The number of rotatable bonds is 5. The number of nitrogens with zero attached hydrogens (tertiary/aromatic N) is 3. The Labute approximate surface area is 116 Å². The molecular weight excluding hydrogens is 236 g/mol. The molecule has 0 bridgehead atoms. The van der Waals surface area contributed by atoms with Crippen LogP contribution in [-0.2, 0) is 6.54 Å². The van der Waals surface area contributed by atoms with Gasteiger partial charge in [-0.1, -0.05) is 13.0 Å². The van der Waals surface area contributed by atoms with E-state index < -0.39 is 0 Å². The fraction of sp³-hybridized carbons (Fsp3) is 0.667. The first-order valence-corrected chi connectivity index (χ1v) is 7.28. The number of piperidine rings is 1. The molecule has 1 N–H and O–H groups in total. The van der Waals surface area contributed by atoms with Gasteiger partial charge >= 0.3 is 0 Å². The van der Waals surface area contributed by atoms with E-state index in [9.17, 15) is 0 Å². The third kappa shape index (κ3) is 3.67. The van der Waals surface area contributed by atoms with E-state index in [1.807, 2.05) is 12.3 Å². The third-order valence-corrected chi connectivity index (χ3v) is 3.86. The van der Waals surface area contributed by atoms with Crippen molar-refractivity contribution in [1.82, 2.24) is 15.2 Å². The Kier molecular flexibility index (Phi) is 5.16. The summed E-state index contributed by atoms with van der Waals surface area (Å²) >= 11 is 0. The second kappa shape index (κ2) is 6.87. The zero-order valence-corrected chi connectivity index (χ0v) is 12.4. The van der Waals surface area contributed by atoms with Crippen LogP contribution in [0.15, 0.2) is 18.3 Å². The van der Waals surface area contributed by atoms with Crippen LogP contribution in [0.1, 0.15) is 25.3 Å². The zero-order chi connectivity index (χ0) is 13.7. The number of aromatic nitrogens is 1. The first-order chi connectivity index (χ1) is 9.22. The lowest BCUT2D eigenvalue weighted by Gasteiger charge is -2.37. The Morgan fingerprint density at radius 1 is 1.47 bits per heavy atom. The van der Waals surface area contributed by atoms with E-state index in [0.29, 0.717) is 6.04 Å². The number of nitrogens with one attached hydrogen (secondary N) is 1. The summed E-state index contributed by atoms with van der Waals surface area (Å²) < 4.78 is 0. The van der Waals surface area contributed by atoms with Crippen LogP contribution in [-0.4, -0.2) is 49.7 Å². The number of anilines is 1. The van der Waals surface area contributed by atoms with Crippen LogP contribution in [0.25, 0.3) is 0 Å². The first kappa shape index (κ1) is 14.3. The van der Waals surface area contributed by atoms with Gasteiger partial charge in [0.05, 0.1) is 0 Å². The molecule has 0 spiro atoms. The summed E-state index contributed by atoms with van der Waals surface area (Å²) in [6, 6.07) is 4.86. The van der Waals surface area contributed by atoms with Crippen molar-refractivity contribution in [3.63, 3.8) is 0 Å². The maximum absolute atomic E-state index is 4.62. The molecule has 0 aromatic carbocycles. The van der Waals surface area contributed by atoms with E-state index in [4.69, 9.17) is 0 Å². The van der Waals surface area contributed by atoms with Crippen molar-refractivity contribution in [2.45, 2.75) is 32.4 Å². The van der Waals surface area contributed by atoms with Gasteiger partial charge in [0, 0.05) is 37.4 Å². The average Bonchev–Trinajstić information content (AvgIpc) is 2.45. The lowest BCUT2D eigenvalue weighted by atomic mass is 10.0. The number of hydrogen-bond donors (Lipinski definition) is 1. The quantitative estimate of drug-likeness (QED) is 0.875. The Hall–Kier alpha value is -1.13. The summed E-state index contributed by atoms with van der Waals surface area (Å²) in [4.78, 5) is 9.39. The monoisotopic (exact) mass is 262 g/mol. The van der Waals surface area contributed by atoms with Gasteiger partial charge in [0.15, 0.2) is 0 Å². The van der Waals surface area contributed by atoms with E-state index in [1.54, 1.807) is 0 Å². The molecule has 4 heteroatoms. The molecule has 106 valence electrons.